The van der Waals surface area contributed by atoms with Gasteiger partial charge in [0.1, 0.15) is 11.9 Å². The maximum absolute atomic E-state index is 13.6. The van der Waals surface area contributed by atoms with Crippen molar-refractivity contribution in [1.82, 2.24) is 0 Å². The number of benzene rings is 1. The van der Waals surface area contributed by atoms with Gasteiger partial charge in [0.25, 0.3) is 0 Å². The molecule has 1 fully saturated rings. The van der Waals surface area contributed by atoms with Crippen LogP contribution in [-0.2, 0) is 9.59 Å². The molecular formula is C12H9FN2O2. The maximum atomic E-state index is 13.6. The second-order valence-electron chi connectivity index (χ2n) is 3.91. The molecule has 4 nitrogen and oxygen atoms in total. The number of ketones is 1. The average Bonchev–Trinajstić information content (AvgIpc) is 2.27. The molecule has 0 saturated heterocycles. The van der Waals surface area contributed by atoms with Crippen LogP contribution in [0.1, 0.15) is 18.4 Å². The summed E-state index contributed by atoms with van der Waals surface area (Å²) in [6.07, 6.45) is 0.427. The highest BCUT2D eigenvalue weighted by atomic mass is 19.1. The Morgan fingerprint density at radius 2 is 2.18 bits per heavy atom. The van der Waals surface area contributed by atoms with Crippen LogP contribution in [0.3, 0.4) is 0 Å². The molecule has 0 bridgehead atoms. The molecule has 5 heteroatoms. The molecule has 1 aliphatic rings. The van der Waals surface area contributed by atoms with E-state index in [1.165, 1.54) is 18.2 Å². The predicted molar refractivity (Wildman–Crippen MR) is 57.5 cm³/mol. The molecule has 0 aliphatic heterocycles. The first kappa shape index (κ1) is 11.3. The summed E-state index contributed by atoms with van der Waals surface area (Å²) in [6.45, 7) is 0. The molecule has 1 N–H and O–H groups in total. The van der Waals surface area contributed by atoms with E-state index in [1.54, 1.807) is 6.07 Å². The van der Waals surface area contributed by atoms with Crippen molar-refractivity contribution in [2.45, 2.75) is 12.8 Å². The van der Waals surface area contributed by atoms with Gasteiger partial charge < -0.3 is 5.32 Å². The number of carbonyl (C=O) groups excluding carboxylic acids is 2. The highest BCUT2D eigenvalue weighted by Crippen LogP contribution is 2.25. The number of carbonyl (C=O) groups is 2. The van der Waals surface area contributed by atoms with Gasteiger partial charge in [-0.15, -0.1) is 0 Å². The van der Waals surface area contributed by atoms with Gasteiger partial charge in [-0.2, -0.15) is 5.26 Å². The fourth-order valence-electron chi connectivity index (χ4n) is 1.62. The zero-order valence-corrected chi connectivity index (χ0v) is 8.87. The Bertz CT molecular complexity index is 526. The number of Topliss-reactive ketones (excluding diaryl/α,β-unsaturated/α-hetero) is 1. The van der Waals surface area contributed by atoms with Crippen LogP contribution < -0.4 is 5.32 Å². The summed E-state index contributed by atoms with van der Waals surface area (Å²) < 4.78 is 13.6. The number of nitrogens with one attached hydrogen (secondary N) is 1. The van der Waals surface area contributed by atoms with E-state index in [2.05, 4.69) is 5.32 Å². The Labute approximate surface area is 97.0 Å². The number of rotatable bonds is 2. The van der Waals surface area contributed by atoms with Gasteiger partial charge in [0.15, 0.2) is 5.82 Å². The van der Waals surface area contributed by atoms with Crippen molar-refractivity contribution in [2.24, 2.45) is 5.92 Å². The Kier molecular flexibility index (Phi) is 2.88. The summed E-state index contributed by atoms with van der Waals surface area (Å²) in [5.41, 5.74) is -0.138. The van der Waals surface area contributed by atoms with Crippen LogP contribution in [0.25, 0.3) is 0 Å². The zero-order valence-electron chi connectivity index (χ0n) is 8.87. The van der Waals surface area contributed by atoms with E-state index in [4.69, 9.17) is 5.26 Å². The van der Waals surface area contributed by atoms with Gasteiger partial charge in [-0.3, -0.25) is 9.59 Å². The monoisotopic (exact) mass is 232 g/mol. The first-order valence-electron chi connectivity index (χ1n) is 5.13. The molecule has 1 aromatic carbocycles. The third-order valence-corrected chi connectivity index (χ3v) is 2.70. The molecule has 17 heavy (non-hydrogen) atoms. The van der Waals surface area contributed by atoms with Crippen molar-refractivity contribution in [1.29, 1.82) is 5.26 Å². The standard InChI is InChI=1S/C12H9FN2O2/c13-11-7(6-14)2-1-3-10(11)15-12(17)8-4-9(16)5-8/h1-3,8H,4-5H2,(H,15,17). The second kappa shape index (κ2) is 4.34. The number of nitrogens with zero attached hydrogens (tertiary/aromatic N) is 1. The van der Waals surface area contributed by atoms with Crippen LogP contribution in [0.5, 0.6) is 0 Å². The first-order valence-corrected chi connectivity index (χ1v) is 5.13. The lowest BCUT2D eigenvalue weighted by atomic mass is 9.83. The van der Waals surface area contributed by atoms with Gasteiger partial charge in [-0.25, -0.2) is 4.39 Å². The lowest BCUT2D eigenvalue weighted by molar-refractivity contribution is -0.135. The van der Waals surface area contributed by atoms with Gasteiger partial charge in [0.05, 0.1) is 17.2 Å². The fourth-order valence-corrected chi connectivity index (χ4v) is 1.62. The summed E-state index contributed by atoms with van der Waals surface area (Å²) in [7, 11) is 0. The number of nitriles is 1. The molecule has 1 aromatic rings. The van der Waals surface area contributed by atoms with Crippen molar-refractivity contribution < 1.29 is 14.0 Å². The fraction of sp³-hybridized carbons (Fsp3) is 0.250. The number of amides is 1. The minimum absolute atomic E-state index is 0.0200. The van der Waals surface area contributed by atoms with Crippen molar-refractivity contribution in [3.8, 4) is 6.07 Å². The van der Waals surface area contributed by atoms with Crippen molar-refractivity contribution in [3.05, 3.63) is 29.6 Å². The Balaban J connectivity index is 2.11. The van der Waals surface area contributed by atoms with Crippen molar-refractivity contribution in [3.63, 3.8) is 0 Å². The molecule has 86 valence electrons. The molecule has 0 aromatic heterocycles. The van der Waals surface area contributed by atoms with Gasteiger partial charge in [0.2, 0.25) is 5.91 Å². The van der Waals surface area contributed by atoms with Crippen LogP contribution >= 0.6 is 0 Å². The minimum Gasteiger partial charge on any atom is -0.323 e. The summed E-state index contributed by atoms with van der Waals surface area (Å²) in [6, 6.07) is 5.90. The van der Waals surface area contributed by atoms with E-state index in [0.717, 1.165) is 0 Å². The molecule has 0 unspecified atom stereocenters. The van der Waals surface area contributed by atoms with Crippen LogP contribution in [0, 0.1) is 23.1 Å². The zero-order chi connectivity index (χ0) is 12.4. The average molecular weight is 232 g/mol. The highest BCUT2D eigenvalue weighted by molar-refractivity contribution is 6.02. The molecule has 1 amide bonds. The van der Waals surface area contributed by atoms with E-state index < -0.39 is 5.82 Å². The number of hydrogen-bond acceptors (Lipinski definition) is 3. The van der Waals surface area contributed by atoms with Crippen molar-refractivity contribution in [2.75, 3.05) is 5.32 Å². The summed E-state index contributed by atoms with van der Waals surface area (Å²) >= 11 is 0. The van der Waals surface area contributed by atoms with Gasteiger partial charge >= 0.3 is 0 Å². The largest absolute Gasteiger partial charge is 0.323 e. The Morgan fingerprint density at radius 3 is 2.76 bits per heavy atom. The van der Waals surface area contributed by atoms with E-state index >= 15 is 0 Å². The van der Waals surface area contributed by atoms with Gasteiger partial charge in [-0.05, 0) is 12.1 Å². The SMILES string of the molecule is N#Cc1cccc(NC(=O)C2CC(=O)C2)c1F. The molecule has 0 spiro atoms. The van der Waals surface area contributed by atoms with E-state index in [0.29, 0.717) is 0 Å². The quantitative estimate of drug-likeness (QED) is 0.842. The second-order valence-corrected chi connectivity index (χ2v) is 3.91. The van der Waals surface area contributed by atoms with Gasteiger partial charge in [-0.1, -0.05) is 6.07 Å². The van der Waals surface area contributed by atoms with E-state index in [9.17, 15) is 14.0 Å². The molecule has 2 rings (SSSR count). The lowest BCUT2D eigenvalue weighted by Crippen LogP contribution is -2.34. The smallest absolute Gasteiger partial charge is 0.228 e. The highest BCUT2D eigenvalue weighted by Gasteiger charge is 2.33. The molecular weight excluding hydrogens is 223 g/mol. The molecule has 0 radical (unpaired) electrons. The third-order valence-electron chi connectivity index (χ3n) is 2.70. The molecule has 0 heterocycles. The van der Waals surface area contributed by atoms with Crippen LogP contribution in [0.15, 0.2) is 18.2 Å². The van der Waals surface area contributed by atoms with Crippen LogP contribution in [-0.4, -0.2) is 11.7 Å². The number of halogens is 1. The van der Waals surface area contributed by atoms with E-state index in [-0.39, 0.29) is 41.7 Å². The minimum atomic E-state index is -0.742. The van der Waals surface area contributed by atoms with Crippen molar-refractivity contribution >= 4 is 17.4 Å². The number of anilines is 1. The maximum Gasteiger partial charge on any atom is 0.228 e. The number of hydrogen-bond donors (Lipinski definition) is 1. The predicted octanol–water partition coefficient (Wildman–Crippen LogP) is 1.61. The molecule has 1 saturated carbocycles. The summed E-state index contributed by atoms with van der Waals surface area (Å²) in [5, 5.41) is 11.0. The third kappa shape index (κ3) is 2.16. The molecule has 0 atom stereocenters. The normalized spacial score (nSPS) is 14.9. The van der Waals surface area contributed by atoms with E-state index in [1.807, 2.05) is 0 Å². The summed E-state index contributed by atoms with van der Waals surface area (Å²) in [4.78, 5) is 22.3. The first-order chi connectivity index (χ1) is 8.11. The summed E-state index contributed by atoms with van der Waals surface area (Å²) in [5.74, 6) is -1.45. The topological polar surface area (TPSA) is 70.0 Å². The Hall–Kier alpha value is -2.22. The van der Waals surface area contributed by atoms with Crippen LogP contribution in [0.4, 0.5) is 10.1 Å². The Morgan fingerprint density at radius 1 is 1.47 bits per heavy atom. The van der Waals surface area contributed by atoms with Gasteiger partial charge in [0, 0.05) is 12.8 Å². The molecule has 1 aliphatic carbocycles. The van der Waals surface area contributed by atoms with Crippen LogP contribution in [0.2, 0.25) is 0 Å². The lowest BCUT2D eigenvalue weighted by Gasteiger charge is -2.22.